The van der Waals surface area contributed by atoms with E-state index in [-0.39, 0.29) is 11.5 Å². The van der Waals surface area contributed by atoms with Gasteiger partial charge in [0.05, 0.1) is 12.7 Å². The zero-order chi connectivity index (χ0) is 29.9. The summed E-state index contributed by atoms with van der Waals surface area (Å²) in [6.45, 7) is 31.8. The molecule has 0 aromatic carbocycles. The van der Waals surface area contributed by atoms with Gasteiger partial charge in [0.25, 0.3) is 0 Å². The van der Waals surface area contributed by atoms with Gasteiger partial charge in [-0.2, -0.15) is 0 Å². The Bertz CT molecular complexity index is 857. The van der Waals surface area contributed by atoms with Crippen LogP contribution in [0.15, 0.2) is 0 Å². The van der Waals surface area contributed by atoms with Crippen molar-refractivity contribution in [3.05, 3.63) is 0 Å². The quantitative estimate of drug-likeness (QED) is 0.226. The molecule has 0 spiro atoms. The fraction of sp³-hybridized carbons (Fsp3) is 1.00. The zero-order valence-electron chi connectivity index (χ0n) is 28.7. The molecular formula is C32H66O4Si4. The second-order valence-electron chi connectivity index (χ2n) is 18.4. The van der Waals surface area contributed by atoms with Gasteiger partial charge in [-0.25, -0.2) is 0 Å². The van der Waals surface area contributed by atoms with Crippen LogP contribution in [-0.4, -0.2) is 58.2 Å². The van der Waals surface area contributed by atoms with Gasteiger partial charge in [0.15, 0.2) is 33.3 Å². The van der Waals surface area contributed by atoms with Crippen LogP contribution in [0.1, 0.15) is 58.3 Å². The van der Waals surface area contributed by atoms with Crippen molar-refractivity contribution in [1.82, 2.24) is 0 Å². The molecule has 4 rings (SSSR count). The van der Waals surface area contributed by atoms with Gasteiger partial charge in [-0.15, -0.1) is 0 Å². The predicted octanol–water partition coefficient (Wildman–Crippen LogP) is 9.38. The van der Waals surface area contributed by atoms with Crippen LogP contribution in [0, 0.1) is 40.9 Å². The molecule has 4 aliphatic rings. The van der Waals surface area contributed by atoms with Gasteiger partial charge < -0.3 is 17.7 Å². The molecule has 4 aliphatic carbocycles. The monoisotopic (exact) mass is 626 g/mol. The lowest BCUT2D eigenvalue weighted by Crippen LogP contribution is -2.58. The van der Waals surface area contributed by atoms with Crippen LogP contribution in [-0.2, 0) is 17.7 Å². The van der Waals surface area contributed by atoms with Crippen LogP contribution in [0.25, 0.3) is 0 Å². The molecule has 0 amide bonds. The van der Waals surface area contributed by atoms with E-state index in [9.17, 15) is 0 Å². The molecule has 0 bridgehead atoms. The second-order valence-corrected chi connectivity index (χ2v) is 36.3. The molecule has 0 heterocycles. The van der Waals surface area contributed by atoms with Crippen LogP contribution >= 0.6 is 0 Å². The summed E-state index contributed by atoms with van der Waals surface area (Å²) in [6.07, 6.45) is 11.7. The lowest BCUT2D eigenvalue weighted by molar-refractivity contribution is -0.142. The number of hydrogen-bond donors (Lipinski definition) is 0. The first-order valence-corrected chi connectivity index (χ1v) is 30.5. The third-order valence-electron chi connectivity index (χ3n) is 10.6. The fourth-order valence-electron chi connectivity index (χ4n) is 9.70. The first-order chi connectivity index (χ1) is 18.2. The largest absolute Gasteiger partial charge is 0.415 e. The summed E-state index contributed by atoms with van der Waals surface area (Å²) in [4.78, 5) is 0. The molecule has 0 saturated heterocycles. The summed E-state index contributed by atoms with van der Waals surface area (Å²) in [5.74, 6) is 4.59. The highest BCUT2D eigenvalue weighted by atomic mass is 28.4. The summed E-state index contributed by atoms with van der Waals surface area (Å²) in [5.41, 5.74) is 0.281. The molecule has 0 aliphatic heterocycles. The van der Waals surface area contributed by atoms with Crippen molar-refractivity contribution in [2.24, 2.45) is 40.9 Å². The summed E-state index contributed by atoms with van der Waals surface area (Å²) in [6, 6.07) is 0. The zero-order valence-corrected chi connectivity index (χ0v) is 32.7. The summed E-state index contributed by atoms with van der Waals surface area (Å²) >= 11 is 0. The first-order valence-electron chi connectivity index (χ1n) is 16.8. The van der Waals surface area contributed by atoms with Gasteiger partial charge in [-0.1, -0.05) is 6.92 Å². The van der Waals surface area contributed by atoms with Crippen LogP contribution in [0.4, 0.5) is 0 Å². The highest BCUT2D eigenvalue weighted by Gasteiger charge is 2.62. The average Bonchev–Trinajstić information content (AvgIpc) is 3.09. The van der Waals surface area contributed by atoms with Crippen molar-refractivity contribution in [3.8, 4) is 0 Å². The van der Waals surface area contributed by atoms with E-state index in [1.54, 1.807) is 0 Å². The molecule has 0 aromatic heterocycles. The highest BCUT2D eigenvalue weighted by Crippen LogP contribution is 2.66. The van der Waals surface area contributed by atoms with Crippen molar-refractivity contribution in [2.45, 2.75) is 155 Å². The van der Waals surface area contributed by atoms with Crippen molar-refractivity contribution >= 4 is 33.3 Å². The van der Waals surface area contributed by atoms with Gasteiger partial charge in [0.1, 0.15) is 0 Å². The molecule has 10 atom stereocenters. The van der Waals surface area contributed by atoms with Gasteiger partial charge in [0.2, 0.25) is 0 Å². The fourth-order valence-corrected chi connectivity index (χ4v) is 13.9. The van der Waals surface area contributed by atoms with E-state index in [4.69, 9.17) is 17.7 Å². The standard InChI is InChI=1S/C32H66O4Si4/c1-32-21-29(35-39(8,9)10)31-25-17-15-24(34-38(5,6)7)20-23(25)14-16-26(31)27(32)18-19-28(32)30(36-40(11,12)13)22-33-37(2,3)4/h23-31H,14-22H2,1-13H3/t23-,24+,25?,26?,27?,28+,29-,30+,31?,32-/m0/s1. The Hall–Kier alpha value is 0.708. The number of hydrogen-bond acceptors (Lipinski definition) is 4. The van der Waals surface area contributed by atoms with Crippen molar-refractivity contribution in [1.29, 1.82) is 0 Å². The minimum absolute atomic E-state index is 0.225. The molecule has 4 fully saturated rings. The van der Waals surface area contributed by atoms with Gasteiger partial charge in [0, 0.05) is 12.2 Å². The third kappa shape index (κ3) is 8.24. The van der Waals surface area contributed by atoms with Gasteiger partial charge >= 0.3 is 0 Å². The van der Waals surface area contributed by atoms with E-state index >= 15 is 0 Å². The minimum Gasteiger partial charge on any atom is -0.415 e. The Morgan fingerprint density at radius 1 is 0.675 bits per heavy atom. The summed E-state index contributed by atoms with van der Waals surface area (Å²) in [5, 5.41) is 0. The Balaban J connectivity index is 1.61. The Morgan fingerprint density at radius 2 is 1.30 bits per heavy atom. The maximum absolute atomic E-state index is 7.28. The minimum atomic E-state index is -1.71. The Labute approximate surface area is 253 Å². The molecule has 234 valence electrons. The van der Waals surface area contributed by atoms with E-state index in [1.807, 2.05) is 0 Å². The van der Waals surface area contributed by atoms with Gasteiger partial charge in [-0.05, 0) is 171 Å². The molecule has 8 heteroatoms. The topological polar surface area (TPSA) is 36.9 Å². The normalized spacial score (nSPS) is 39.8. The molecular weight excluding hydrogens is 561 g/mol. The smallest absolute Gasteiger partial charge is 0.184 e. The molecule has 4 nitrogen and oxygen atoms in total. The van der Waals surface area contributed by atoms with E-state index in [2.05, 4.69) is 85.5 Å². The lowest BCUT2D eigenvalue weighted by Gasteiger charge is -2.60. The van der Waals surface area contributed by atoms with Crippen molar-refractivity contribution in [3.63, 3.8) is 0 Å². The number of fused-ring (bicyclic) bond motifs is 5. The summed E-state index contributed by atoms with van der Waals surface area (Å²) in [7, 11) is -6.52. The van der Waals surface area contributed by atoms with E-state index in [0.717, 1.165) is 36.2 Å². The number of rotatable bonds is 10. The molecule has 0 aromatic rings. The molecule has 0 radical (unpaired) electrons. The SMILES string of the molecule is C[C@]12C[C@H](O[Si](C)(C)C)C3C(CC[C@H]4C[C@H](O[Si](C)(C)C)CCC34)C1CC[C@@H]2[C@@H](CO[Si](C)(C)C)O[Si](C)(C)C. The van der Waals surface area contributed by atoms with Gasteiger partial charge in [-0.3, -0.25) is 0 Å². The Kier molecular flexibility index (Phi) is 9.99. The highest BCUT2D eigenvalue weighted by molar-refractivity contribution is 6.70. The third-order valence-corrected chi connectivity index (χ3v) is 14.7. The molecule has 40 heavy (non-hydrogen) atoms. The van der Waals surface area contributed by atoms with Crippen molar-refractivity contribution < 1.29 is 17.7 Å². The van der Waals surface area contributed by atoms with Crippen LogP contribution in [0.5, 0.6) is 0 Å². The maximum atomic E-state index is 7.28. The first kappa shape index (κ1) is 33.6. The van der Waals surface area contributed by atoms with Crippen LogP contribution in [0.3, 0.4) is 0 Å². The van der Waals surface area contributed by atoms with E-state index in [0.29, 0.717) is 18.1 Å². The average molecular weight is 627 g/mol. The lowest BCUT2D eigenvalue weighted by atomic mass is 9.48. The van der Waals surface area contributed by atoms with E-state index in [1.165, 1.54) is 51.4 Å². The molecule has 0 N–H and O–H groups in total. The predicted molar refractivity (Wildman–Crippen MR) is 180 cm³/mol. The maximum Gasteiger partial charge on any atom is 0.184 e. The Morgan fingerprint density at radius 3 is 1.88 bits per heavy atom. The molecule has 4 unspecified atom stereocenters. The second kappa shape index (κ2) is 11.9. The van der Waals surface area contributed by atoms with Crippen molar-refractivity contribution in [2.75, 3.05) is 6.61 Å². The van der Waals surface area contributed by atoms with E-state index < -0.39 is 33.3 Å². The van der Waals surface area contributed by atoms with Crippen LogP contribution in [0.2, 0.25) is 78.6 Å². The molecule has 4 saturated carbocycles. The van der Waals surface area contributed by atoms with Crippen LogP contribution < -0.4 is 0 Å². The summed E-state index contributed by atoms with van der Waals surface area (Å²) < 4.78 is 27.6.